The van der Waals surface area contributed by atoms with Gasteiger partial charge in [-0.3, -0.25) is 14.8 Å². The first-order chi connectivity index (χ1) is 8.58. The molecule has 1 heterocycles. The van der Waals surface area contributed by atoms with Gasteiger partial charge in [-0.05, 0) is 12.8 Å². The van der Waals surface area contributed by atoms with E-state index < -0.39 is 11.0 Å². The van der Waals surface area contributed by atoms with E-state index in [9.17, 15) is 15.2 Å². The first-order valence-corrected chi connectivity index (χ1v) is 6.20. The van der Waals surface area contributed by atoms with Gasteiger partial charge >= 0.3 is 5.69 Å². The lowest BCUT2D eigenvalue weighted by atomic mass is 10.1. The second-order valence-corrected chi connectivity index (χ2v) is 4.75. The van der Waals surface area contributed by atoms with E-state index in [-0.39, 0.29) is 17.5 Å². The van der Waals surface area contributed by atoms with Crippen LogP contribution in [0.15, 0.2) is 6.20 Å². The highest BCUT2D eigenvalue weighted by Crippen LogP contribution is 2.26. The van der Waals surface area contributed by atoms with Crippen LogP contribution in [0.3, 0.4) is 0 Å². The summed E-state index contributed by atoms with van der Waals surface area (Å²) in [4.78, 5) is 10.4. The number of anilines is 1. The molecule has 0 spiro atoms. The Balaban J connectivity index is 2.14. The average molecular weight is 254 g/mol. The highest BCUT2D eigenvalue weighted by atomic mass is 16.6. The lowest BCUT2D eigenvalue weighted by Gasteiger charge is -2.21. The summed E-state index contributed by atoms with van der Waals surface area (Å²) in [6, 6.07) is -0.152. The number of nitrogens with zero attached hydrogens (tertiary/aromatic N) is 3. The van der Waals surface area contributed by atoms with Crippen LogP contribution in [0.1, 0.15) is 32.1 Å². The monoisotopic (exact) mass is 254 g/mol. The minimum absolute atomic E-state index is 0.0473. The predicted octanol–water partition coefficient (Wildman–Crippen LogP) is 1.43. The molecule has 0 aromatic carbocycles. The van der Waals surface area contributed by atoms with Crippen LogP contribution in [-0.2, 0) is 7.05 Å². The zero-order valence-electron chi connectivity index (χ0n) is 10.4. The fourth-order valence-corrected chi connectivity index (χ4v) is 2.34. The van der Waals surface area contributed by atoms with Gasteiger partial charge in [0.1, 0.15) is 6.20 Å². The van der Waals surface area contributed by atoms with Crippen molar-refractivity contribution in [2.45, 2.75) is 44.2 Å². The number of hydrogen-bond donors (Lipinski definition) is 2. The molecule has 0 bridgehead atoms. The summed E-state index contributed by atoms with van der Waals surface area (Å²) < 4.78 is 1.41. The molecule has 1 aliphatic rings. The normalized spacial score (nSPS) is 24.6. The van der Waals surface area contributed by atoms with Gasteiger partial charge in [0.25, 0.3) is 0 Å². The van der Waals surface area contributed by atoms with E-state index in [0.29, 0.717) is 0 Å². The van der Waals surface area contributed by atoms with Gasteiger partial charge in [0, 0.05) is 7.05 Å². The molecule has 18 heavy (non-hydrogen) atoms. The maximum Gasteiger partial charge on any atom is 0.330 e. The SMILES string of the molecule is Cn1cc([N+](=O)[O-])c(NC2CCCCCC2O)n1. The average Bonchev–Trinajstić information content (AvgIpc) is 2.56. The van der Waals surface area contributed by atoms with Gasteiger partial charge < -0.3 is 10.4 Å². The van der Waals surface area contributed by atoms with Gasteiger partial charge in [0.05, 0.1) is 17.1 Å². The Labute approximate surface area is 105 Å². The summed E-state index contributed by atoms with van der Waals surface area (Å²) in [5.41, 5.74) is -0.0473. The minimum Gasteiger partial charge on any atom is -0.391 e. The molecule has 1 aromatic rings. The largest absolute Gasteiger partial charge is 0.391 e. The molecular formula is C11H18N4O3. The number of rotatable bonds is 3. The summed E-state index contributed by atoms with van der Waals surface area (Å²) in [7, 11) is 1.64. The van der Waals surface area contributed by atoms with Gasteiger partial charge in [-0.25, -0.2) is 0 Å². The molecule has 0 saturated heterocycles. The Morgan fingerprint density at radius 2 is 2.22 bits per heavy atom. The predicted molar refractivity (Wildman–Crippen MR) is 66.4 cm³/mol. The standard InChI is InChI=1S/C11H18N4O3/c1-14-7-9(15(17)18)11(13-14)12-8-5-3-2-4-6-10(8)16/h7-8,10,16H,2-6H2,1H3,(H,12,13). The number of aromatic nitrogens is 2. The molecule has 2 rings (SSSR count). The van der Waals surface area contributed by atoms with Crippen LogP contribution in [0.4, 0.5) is 11.5 Å². The molecule has 2 unspecified atom stereocenters. The van der Waals surface area contributed by atoms with E-state index >= 15 is 0 Å². The number of aryl methyl sites for hydroxylation is 1. The molecule has 1 saturated carbocycles. The Morgan fingerprint density at radius 1 is 1.50 bits per heavy atom. The summed E-state index contributed by atoms with van der Waals surface area (Å²) in [6.07, 6.45) is 5.58. The first kappa shape index (κ1) is 12.8. The van der Waals surface area contributed by atoms with Crippen molar-refractivity contribution in [3.05, 3.63) is 16.3 Å². The van der Waals surface area contributed by atoms with Crippen molar-refractivity contribution < 1.29 is 10.0 Å². The van der Waals surface area contributed by atoms with Crippen molar-refractivity contribution in [3.63, 3.8) is 0 Å². The van der Waals surface area contributed by atoms with Gasteiger partial charge in [0.15, 0.2) is 0 Å². The fraction of sp³-hybridized carbons (Fsp3) is 0.727. The molecule has 1 aliphatic carbocycles. The van der Waals surface area contributed by atoms with Gasteiger partial charge in [0.2, 0.25) is 5.82 Å². The highest BCUT2D eigenvalue weighted by Gasteiger charge is 2.26. The summed E-state index contributed by atoms with van der Waals surface area (Å²) in [5, 5.41) is 27.9. The Kier molecular flexibility index (Phi) is 3.81. The lowest BCUT2D eigenvalue weighted by molar-refractivity contribution is -0.384. The van der Waals surface area contributed by atoms with Crippen molar-refractivity contribution in [2.24, 2.45) is 7.05 Å². The second kappa shape index (κ2) is 5.34. The minimum atomic E-state index is -0.464. The topological polar surface area (TPSA) is 93.2 Å². The second-order valence-electron chi connectivity index (χ2n) is 4.75. The van der Waals surface area contributed by atoms with E-state index in [0.717, 1.165) is 32.1 Å². The lowest BCUT2D eigenvalue weighted by Crippen LogP contribution is -2.32. The molecule has 1 fully saturated rings. The first-order valence-electron chi connectivity index (χ1n) is 6.20. The van der Waals surface area contributed by atoms with Crippen molar-refractivity contribution in [2.75, 3.05) is 5.32 Å². The van der Waals surface area contributed by atoms with Crippen LogP contribution < -0.4 is 5.32 Å². The molecular weight excluding hydrogens is 236 g/mol. The van der Waals surface area contributed by atoms with Crippen molar-refractivity contribution in [3.8, 4) is 0 Å². The van der Waals surface area contributed by atoms with Crippen LogP contribution in [0.2, 0.25) is 0 Å². The molecule has 100 valence electrons. The molecule has 7 heteroatoms. The Hall–Kier alpha value is -1.63. The molecule has 7 nitrogen and oxygen atoms in total. The van der Waals surface area contributed by atoms with Crippen molar-refractivity contribution in [1.82, 2.24) is 9.78 Å². The van der Waals surface area contributed by atoms with Gasteiger partial charge in [-0.1, -0.05) is 19.3 Å². The van der Waals surface area contributed by atoms with E-state index in [2.05, 4.69) is 10.4 Å². The zero-order valence-corrected chi connectivity index (χ0v) is 10.4. The van der Waals surface area contributed by atoms with E-state index in [1.165, 1.54) is 10.9 Å². The summed E-state index contributed by atoms with van der Waals surface area (Å²) in [6.45, 7) is 0. The third-order valence-electron chi connectivity index (χ3n) is 3.31. The smallest absolute Gasteiger partial charge is 0.330 e. The van der Waals surface area contributed by atoms with E-state index in [1.807, 2.05) is 0 Å². The number of hydrogen-bond acceptors (Lipinski definition) is 5. The third kappa shape index (κ3) is 2.79. The summed E-state index contributed by atoms with van der Waals surface area (Å²) in [5.74, 6) is 0.244. The summed E-state index contributed by atoms with van der Waals surface area (Å²) >= 11 is 0. The van der Waals surface area contributed by atoms with Crippen molar-refractivity contribution in [1.29, 1.82) is 0 Å². The number of nitrogens with one attached hydrogen (secondary N) is 1. The van der Waals surface area contributed by atoms with Crippen LogP contribution >= 0.6 is 0 Å². The molecule has 1 aromatic heterocycles. The van der Waals surface area contributed by atoms with E-state index in [1.54, 1.807) is 7.05 Å². The highest BCUT2D eigenvalue weighted by molar-refractivity contribution is 5.55. The molecule has 0 aliphatic heterocycles. The number of nitro groups is 1. The fourth-order valence-electron chi connectivity index (χ4n) is 2.34. The maximum atomic E-state index is 10.9. The van der Waals surface area contributed by atoms with Crippen molar-refractivity contribution >= 4 is 11.5 Å². The van der Waals surface area contributed by atoms with Gasteiger partial charge in [-0.2, -0.15) is 0 Å². The van der Waals surface area contributed by atoms with Crippen LogP contribution in [0.5, 0.6) is 0 Å². The molecule has 2 N–H and O–H groups in total. The Bertz CT molecular complexity index is 432. The molecule has 0 radical (unpaired) electrons. The quantitative estimate of drug-likeness (QED) is 0.483. The third-order valence-corrected chi connectivity index (χ3v) is 3.31. The zero-order chi connectivity index (χ0) is 13.1. The Morgan fingerprint density at radius 3 is 2.94 bits per heavy atom. The maximum absolute atomic E-state index is 10.9. The number of aliphatic hydroxyl groups is 1. The molecule has 0 amide bonds. The molecule has 2 atom stereocenters. The van der Waals surface area contributed by atoms with Crippen LogP contribution in [-0.4, -0.2) is 32.0 Å². The van der Waals surface area contributed by atoms with Gasteiger partial charge in [-0.15, -0.1) is 5.10 Å². The van der Waals surface area contributed by atoms with Crippen LogP contribution in [0, 0.1) is 10.1 Å². The number of aliphatic hydroxyl groups excluding tert-OH is 1. The van der Waals surface area contributed by atoms with Crippen LogP contribution in [0.25, 0.3) is 0 Å². The van der Waals surface area contributed by atoms with E-state index in [4.69, 9.17) is 0 Å².